The van der Waals surface area contributed by atoms with Crippen LogP contribution in [0.25, 0.3) is 6.08 Å². The smallest absolute Gasteiger partial charge is 0.293 e. The molecule has 6 nitrogen and oxygen atoms in total. The van der Waals surface area contributed by atoms with Crippen LogP contribution in [0.15, 0.2) is 41.3 Å². The Balaban J connectivity index is 1.77. The summed E-state index contributed by atoms with van der Waals surface area (Å²) >= 11 is 13.0. The molecule has 2 aromatic rings. The summed E-state index contributed by atoms with van der Waals surface area (Å²) in [6.07, 6.45) is 1.67. The van der Waals surface area contributed by atoms with Crippen LogP contribution in [0.1, 0.15) is 18.1 Å². The van der Waals surface area contributed by atoms with E-state index in [9.17, 15) is 9.59 Å². The summed E-state index contributed by atoms with van der Waals surface area (Å²) in [5, 5.41) is 0.768. The number of halogens is 2. The van der Waals surface area contributed by atoms with Gasteiger partial charge < -0.3 is 14.2 Å². The molecule has 0 aliphatic carbocycles. The number of carbonyl (C=O) groups is 2. The van der Waals surface area contributed by atoms with Gasteiger partial charge in [-0.05, 0) is 54.6 Å². The average molecular weight is 482 g/mol. The van der Waals surface area contributed by atoms with Crippen LogP contribution in [0, 0.1) is 0 Å². The predicted octanol–water partition coefficient (Wildman–Crippen LogP) is 5.65. The third-order valence-corrected chi connectivity index (χ3v) is 5.85. The molecule has 0 spiro atoms. The molecule has 1 fully saturated rings. The lowest BCUT2D eigenvalue weighted by Crippen LogP contribution is -2.31. The van der Waals surface area contributed by atoms with Crippen LogP contribution in [0.3, 0.4) is 0 Å². The van der Waals surface area contributed by atoms with Crippen molar-refractivity contribution in [2.75, 3.05) is 26.9 Å². The summed E-state index contributed by atoms with van der Waals surface area (Å²) in [6.45, 7) is 3.07. The molecule has 1 saturated heterocycles. The van der Waals surface area contributed by atoms with Gasteiger partial charge in [-0.25, -0.2) is 0 Å². The lowest BCUT2D eigenvalue weighted by Gasteiger charge is -2.13. The van der Waals surface area contributed by atoms with E-state index >= 15 is 0 Å². The Morgan fingerprint density at radius 3 is 2.58 bits per heavy atom. The number of thioether (sulfide) groups is 1. The molecule has 9 heteroatoms. The van der Waals surface area contributed by atoms with E-state index in [0.717, 1.165) is 22.9 Å². The highest BCUT2D eigenvalue weighted by atomic mass is 35.5. The first-order chi connectivity index (χ1) is 14.9. The molecule has 0 bridgehead atoms. The van der Waals surface area contributed by atoms with Crippen molar-refractivity contribution in [2.24, 2.45) is 0 Å². The first-order valence-corrected chi connectivity index (χ1v) is 11.1. The Kier molecular flexibility index (Phi) is 8.26. The molecule has 1 heterocycles. The molecule has 1 aliphatic rings. The molecule has 0 N–H and O–H groups in total. The molecule has 3 rings (SSSR count). The summed E-state index contributed by atoms with van der Waals surface area (Å²) in [5.41, 5.74) is 1.51. The van der Waals surface area contributed by atoms with Crippen LogP contribution in [0.5, 0.6) is 11.5 Å². The van der Waals surface area contributed by atoms with Crippen LogP contribution < -0.4 is 9.47 Å². The number of imide groups is 1. The maximum absolute atomic E-state index is 12.5. The second-order valence-corrected chi connectivity index (χ2v) is 8.33. The van der Waals surface area contributed by atoms with Gasteiger partial charge in [0.2, 0.25) is 0 Å². The van der Waals surface area contributed by atoms with Gasteiger partial charge in [-0.3, -0.25) is 14.5 Å². The molecule has 0 atom stereocenters. The predicted molar refractivity (Wildman–Crippen MR) is 123 cm³/mol. The Hall–Kier alpha value is -2.19. The van der Waals surface area contributed by atoms with Gasteiger partial charge in [0.1, 0.15) is 6.61 Å². The molecule has 0 saturated carbocycles. The van der Waals surface area contributed by atoms with E-state index in [2.05, 4.69) is 0 Å². The van der Waals surface area contributed by atoms with Crippen molar-refractivity contribution in [1.29, 1.82) is 0 Å². The maximum Gasteiger partial charge on any atom is 0.293 e. The Bertz CT molecular complexity index is 1010. The fourth-order valence-electron chi connectivity index (χ4n) is 2.82. The molecule has 0 radical (unpaired) electrons. The molecule has 31 heavy (non-hydrogen) atoms. The third kappa shape index (κ3) is 5.95. The molecular weight excluding hydrogens is 461 g/mol. The first kappa shape index (κ1) is 23.5. The van der Waals surface area contributed by atoms with Crippen molar-refractivity contribution < 1.29 is 23.8 Å². The van der Waals surface area contributed by atoms with Crippen molar-refractivity contribution in [3.8, 4) is 11.5 Å². The molecule has 1 aliphatic heterocycles. The Morgan fingerprint density at radius 2 is 1.87 bits per heavy atom. The summed E-state index contributed by atoms with van der Waals surface area (Å²) in [5.74, 6) is 0.737. The van der Waals surface area contributed by atoms with Crippen LogP contribution in [-0.4, -0.2) is 42.9 Å². The van der Waals surface area contributed by atoms with Crippen LogP contribution in [0.2, 0.25) is 10.0 Å². The first-order valence-electron chi connectivity index (χ1n) is 9.50. The van der Waals surface area contributed by atoms with Crippen LogP contribution in [0.4, 0.5) is 4.79 Å². The molecule has 2 aromatic carbocycles. The lowest BCUT2D eigenvalue weighted by atomic mass is 10.1. The zero-order chi connectivity index (χ0) is 22.4. The molecule has 2 amide bonds. The number of rotatable bonds is 9. The standard InChI is InChI=1S/C22H21Cl2NO5S/c1-3-29-19-10-14(11-20-21(26)25(8-9-28-2)22(27)31-20)4-7-18(19)30-13-15-5-6-16(23)12-17(15)24/h4-7,10-12H,3,8-9,13H2,1-2H3/b20-11+. The molecular formula is C22H21Cl2NO5S. The third-order valence-electron chi connectivity index (χ3n) is 4.36. The summed E-state index contributed by atoms with van der Waals surface area (Å²) in [6, 6.07) is 10.5. The number of ether oxygens (including phenoxy) is 3. The van der Waals surface area contributed by atoms with E-state index in [1.165, 1.54) is 12.0 Å². The number of hydrogen-bond acceptors (Lipinski definition) is 6. The quantitative estimate of drug-likeness (QED) is 0.430. The van der Waals surface area contributed by atoms with Gasteiger partial charge in [-0.15, -0.1) is 0 Å². The number of amides is 2. The van der Waals surface area contributed by atoms with Gasteiger partial charge >= 0.3 is 0 Å². The number of methoxy groups -OCH3 is 1. The molecule has 164 valence electrons. The fourth-order valence-corrected chi connectivity index (χ4v) is 4.15. The van der Waals surface area contributed by atoms with Gasteiger partial charge in [0.15, 0.2) is 11.5 Å². The van der Waals surface area contributed by atoms with E-state index in [1.807, 2.05) is 6.92 Å². The number of nitrogens with zero attached hydrogens (tertiary/aromatic N) is 1. The van der Waals surface area contributed by atoms with Gasteiger partial charge in [0.25, 0.3) is 11.1 Å². The number of hydrogen-bond donors (Lipinski definition) is 0. The zero-order valence-electron chi connectivity index (χ0n) is 17.0. The van der Waals surface area contributed by atoms with Gasteiger partial charge in [0, 0.05) is 22.7 Å². The van der Waals surface area contributed by atoms with Gasteiger partial charge in [0.05, 0.1) is 24.7 Å². The molecule has 0 unspecified atom stereocenters. The highest BCUT2D eigenvalue weighted by Crippen LogP contribution is 2.35. The molecule has 0 aromatic heterocycles. The van der Waals surface area contributed by atoms with Crippen molar-refractivity contribution in [2.45, 2.75) is 13.5 Å². The van der Waals surface area contributed by atoms with E-state index in [4.69, 9.17) is 37.4 Å². The average Bonchev–Trinajstić information content (AvgIpc) is 2.99. The van der Waals surface area contributed by atoms with Crippen molar-refractivity contribution in [1.82, 2.24) is 4.90 Å². The Labute approximate surface area is 195 Å². The van der Waals surface area contributed by atoms with E-state index in [0.29, 0.717) is 39.7 Å². The minimum atomic E-state index is -0.331. The minimum Gasteiger partial charge on any atom is -0.490 e. The van der Waals surface area contributed by atoms with E-state index < -0.39 is 0 Å². The fraction of sp³-hybridized carbons (Fsp3) is 0.273. The van der Waals surface area contributed by atoms with Crippen LogP contribution in [-0.2, 0) is 16.1 Å². The highest BCUT2D eigenvalue weighted by Gasteiger charge is 2.34. The normalized spacial score (nSPS) is 15.1. The monoisotopic (exact) mass is 481 g/mol. The van der Waals surface area contributed by atoms with Gasteiger partial charge in [-0.2, -0.15) is 0 Å². The van der Waals surface area contributed by atoms with E-state index in [-0.39, 0.29) is 24.3 Å². The summed E-state index contributed by atoms with van der Waals surface area (Å²) in [4.78, 5) is 26.1. The van der Waals surface area contributed by atoms with Crippen molar-refractivity contribution in [3.05, 3.63) is 62.5 Å². The second kappa shape index (κ2) is 10.9. The summed E-state index contributed by atoms with van der Waals surface area (Å²) < 4.78 is 16.6. The zero-order valence-corrected chi connectivity index (χ0v) is 19.4. The largest absolute Gasteiger partial charge is 0.490 e. The maximum atomic E-state index is 12.5. The SMILES string of the molecule is CCOc1cc(/C=C2/SC(=O)N(CCOC)C2=O)ccc1OCc1ccc(Cl)cc1Cl. The Morgan fingerprint density at radius 1 is 1.06 bits per heavy atom. The van der Waals surface area contributed by atoms with Crippen molar-refractivity contribution >= 4 is 52.2 Å². The van der Waals surface area contributed by atoms with E-state index in [1.54, 1.807) is 42.5 Å². The lowest BCUT2D eigenvalue weighted by molar-refractivity contribution is -0.123. The topological polar surface area (TPSA) is 65.1 Å². The van der Waals surface area contributed by atoms with Crippen LogP contribution >= 0.6 is 35.0 Å². The number of carbonyl (C=O) groups excluding carboxylic acids is 2. The second-order valence-electron chi connectivity index (χ2n) is 6.49. The minimum absolute atomic E-state index is 0.225. The highest BCUT2D eigenvalue weighted by molar-refractivity contribution is 8.18. The number of benzene rings is 2. The van der Waals surface area contributed by atoms with Crippen molar-refractivity contribution in [3.63, 3.8) is 0 Å². The summed E-state index contributed by atoms with van der Waals surface area (Å²) in [7, 11) is 1.52. The van der Waals surface area contributed by atoms with Gasteiger partial charge in [-0.1, -0.05) is 35.3 Å².